The van der Waals surface area contributed by atoms with E-state index in [-0.39, 0.29) is 5.91 Å². The van der Waals surface area contributed by atoms with Gasteiger partial charge in [-0.2, -0.15) is 10.1 Å². The quantitative estimate of drug-likeness (QED) is 0.672. The molecule has 2 N–H and O–H groups in total. The number of carbonyl (C=O) groups excluding carboxylic acids is 1. The summed E-state index contributed by atoms with van der Waals surface area (Å²) < 4.78 is 26.1. The molecule has 1 aromatic heterocycles. The van der Waals surface area contributed by atoms with Gasteiger partial charge in [0.15, 0.2) is 0 Å². The second-order valence-corrected chi connectivity index (χ2v) is 6.67. The molecule has 1 atom stereocenters. The van der Waals surface area contributed by atoms with Gasteiger partial charge in [-0.1, -0.05) is 12.1 Å². The van der Waals surface area contributed by atoms with Gasteiger partial charge in [0.25, 0.3) is 5.91 Å². The van der Waals surface area contributed by atoms with Crippen LogP contribution in [0, 0.1) is 5.82 Å². The number of methoxy groups -OCH3 is 2. The summed E-state index contributed by atoms with van der Waals surface area (Å²) in [5.41, 5.74) is 2.03. The molecule has 0 saturated carbocycles. The number of allylic oxidation sites excluding steroid dienone is 1. The summed E-state index contributed by atoms with van der Waals surface area (Å²) in [6.07, 6.45) is 1.38. The highest BCUT2D eigenvalue weighted by Gasteiger charge is 2.33. The van der Waals surface area contributed by atoms with Crippen molar-refractivity contribution in [1.82, 2.24) is 14.8 Å². The molecular formula is C21H20FN5O3. The summed E-state index contributed by atoms with van der Waals surface area (Å²) in [5, 5.41) is 10.2. The summed E-state index contributed by atoms with van der Waals surface area (Å²) in [4.78, 5) is 17.5. The molecule has 0 fully saturated rings. The maximum absolute atomic E-state index is 14.0. The largest absolute Gasteiger partial charge is 0.497 e. The van der Waals surface area contributed by atoms with Gasteiger partial charge >= 0.3 is 0 Å². The molecule has 0 aliphatic carbocycles. The van der Waals surface area contributed by atoms with E-state index >= 15 is 0 Å². The molecule has 8 nitrogen and oxygen atoms in total. The predicted octanol–water partition coefficient (Wildman–Crippen LogP) is 3.36. The Kier molecular flexibility index (Phi) is 5.09. The molecule has 30 heavy (non-hydrogen) atoms. The minimum atomic E-state index is -0.649. The zero-order valence-electron chi connectivity index (χ0n) is 16.6. The molecule has 0 spiro atoms. The van der Waals surface area contributed by atoms with E-state index in [9.17, 15) is 9.18 Å². The van der Waals surface area contributed by atoms with Crippen LogP contribution in [0.3, 0.4) is 0 Å². The van der Waals surface area contributed by atoms with Gasteiger partial charge < -0.3 is 20.1 Å². The Morgan fingerprint density at radius 3 is 2.77 bits per heavy atom. The van der Waals surface area contributed by atoms with E-state index in [1.165, 1.54) is 25.6 Å². The topological polar surface area (TPSA) is 90.3 Å². The van der Waals surface area contributed by atoms with E-state index < -0.39 is 11.9 Å². The first kappa shape index (κ1) is 19.4. The van der Waals surface area contributed by atoms with Crippen LogP contribution >= 0.6 is 0 Å². The molecule has 1 aliphatic rings. The third-order valence-corrected chi connectivity index (χ3v) is 4.86. The number of nitrogens with zero attached hydrogens (tertiary/aromatic N) is 3. The van der Waals surface area contributed by atoms with Gasteiger partial charge in [-0.25, -0.2) is 9.07 Å². The number of fused-ring (bicyclic) bond motifs is 1. The first-order valence-electron chi connectivity index (χ1n) is 9.18. The van der Waals surface area contributed by atoms with Crippen molar-refractivity contribution in [1.29, 1.82) is 0 Å². The molecule has 4 rings (SSSR count). The van der Waals surface area contributed by atoms with Crippen LogP contribution in [0.25, 0.3) is 0 Å². The van der Waals surface area contributed by atoms with Crippen molar-refractivity contribution >= 4 is 17.5 Å². The van der Waals surface area contributed by atoms with Crippen molar-refractivity contribution in [3.05, 3.63) is 71.4 Å². The monoisotopic (exact) mass is 409 g/mol. The summed E-state index contributed by atoms with van der Waals surface area (Å²) in [5.74, 6) is 0.749. The molecular weight excluding hydrogens is 389 g/mol. The van der Waals surface area contributed by atoms with Gasteiger partial charge in [-0.3, -0.25) is 4.79 Å². The van der Waals surface area contributed by atoms with E-state index in [2.05, 4.69) is 20.7 Å². The first-order valence-corrected chi connectivity index (χ1v) is 9.18. The standard InChI is InChI=1S/C21H20FN5O3/c1-12-18(20(28)26-16-8-7-15(29-2)10-17(16)30-3)19(13-5-4-6-14(22)9-13)27-21(25-12)23-11-24-27/h4-11,19H,1-3H3,(H,26,28)(H,23,24,25)/t19-/m1/s1. The van der Waals surface area contributed by atoms with Crippen molar-refractivity contribution in [2.24, 2.45) is 0 Å². The van der Waals surface area contributed by atoms with Crippen LogP contribution in [0.5, 0.6) is 11.5 Å². The SMILES string of the molecule is COc1ccc(NC(=O)C2=C(C)Nc3ncnn3[C@@H]2c2cccc(F)c2)c(OC)c1. The maximum Gasteiger partial charge on any atom is 0.255 e. The smallest absolute Gasteiger partial charge is 0.255 e. The molecule has 154 valence electrons. The van der Waals surface area contributed by atoms with Crippen LogP contribution < -0.4 is 20.1 Å². The molecule has 3 aromatic rings. The van der Waals surface area contributed by atoms with E-state index in [0.717, 1.165) is 0 Å². The van der Waals surface area contributed by atoms with Gasteiger partial charge in [-0.05, 0) is 36.8 Å². The van der Waals surface area contributed by atoms with Gasteiger partial charge in [0, 0.05) is 11.8 Å². The molecule has 1 aliphatic heterocycles. The zero-order valence-corrected chi connectivity index (χ0v) is 16.6. The molecule has 2 aromatic carbocycles. The Bertz CT molecular complexity index is 1140. The highest BCUT2D eigenvalue weighted by molar-refractivity contribution is 6.06. The van der Waals surface area contributed by atoms with Crippen LogP contribution in [-0.4, -0.2) is 34.9 Å². The molecule has 0 unspecified atom stereocenters. The van der Waals surface area contributed by atoms with Crippen LogP contribution in [-0.2, 0) is 4.79 Å². The zero-order chi connectivity index (χ0) is 21.3. The fourth-order valence-electron chi connectivity index (χ4n) is 3.46. The Morgan fingerprint density at radius 2 is 2.03 bits per heavy atom. The van der Waals surface area contributed by atoms with Crippen LogP contribution in [0.4, 0.5) is 16.0 Å². The summed E-state index contributed by atoms with van der Waals surface area (Å²) >= 11 is 0. The normalized spacial score (nSPS) is 15.3. The van der Waals surface area contributed by atoms with Gasteiger partial charge in [0.2, 0.25) is 5.95 Å². The number of amides is 1. The fraction of sp³-hybridized carbons (Fsp3) is 0.190. The lowest BCUT2D eigenvalue weighted by Gasteiger charge is -2.29. The van der Waals surface area contributed by atoms with Crippen LogP contribution in [0.15, 0.2) is 60.1 Å². The molecule has 1 amide bonds. The second-order valence-electron chi connectivity index (χ2n) is 6.67. The number of benzene rings is 2. The van der Waals surface area contributed by atoms with Crippen LogP contribution in [0.1, 0.15) is 18.5 Å². The third-order valence-electron chi connectivity index (χ3n) is 4.86. The average molecular weight is 409 g/mol. The highest BCUT2D eigenvalue weighted by Crippen LogP contribution is 2.36. The van der Waals surface area contributed by atoms with Gasteiger partial charge in [0.05, 0.1) is 25.5 Å². The first-order chi connectivity index (χ1) is 14.5. The van der Waals surface area contributed by atoms with E-state index in [1.54, 1.807) is 49.0 Å². The Morgan fingerprint density at radius 1 is 1.20 bits per heavy atom. The van der Waals surface area contributed by atoms with Crippen molar-refractivity contribution < 1.29 is 18.7 Å². The maximum atomic E-state index is 14.0. The molecule has 0 saturated heterocycles. The van der Waals surface area contributed by atoms with Gasteiger partial charge in [0.1, 0.15) is 29.7 Å². The fourth-order valence-corrected chi connectivity index (χ4v) is 3.46. The Hall–Kier alpha value is -3.88. The lowest BCUT2D eigenvalue weighted by molar-refractivity contribution is -0.113. The number of ether oxygens (including phenoxy) is 2. The number of halogens is 1. The lowest BCUT2D eigenvalue weighted by Crippen LogP contribution is -2.31. The van der Waals surface area contributed by atoms with Crippen LogP contribution in [0.2, 0.25) is 0 Å². The van der Waals surface area contributed by atoms with Crippen molar-refractivity contribution in [2.75, 3.05) is 24.9 Å². The van der Waals surface area contributed by atoms with Crippen molar-refractivity contribution in [3.8, 4) is 11.5 Å². The van der Waals surface area contributed by atoms with E-state index in [4.69, 9.17) is 9.47 Å². The highest BCUT2D eigenvalue weighted by atomic mass is 19.1. The second kappa shape index (κ2) is 7.86. The number of hydrogen-bond acceptors (Lipinski definition) is 6. The minimum Gasteiger partial charge on any atom is -0.497 e. The summed E-state index contributed by atoms with van der Waals surface area (Å²) in [7, 11) is 3.06. The number of rotatable bonds is 5. The molecule has 0 radical (unpaired) electrons. The van der Waals surface area contributed by atoms with E-state index in [1.807, 2.05) is 0 Å². The number of nitrogens with one attached hydrogen (secondary N) is 2. The molecule has 9 heteroatoms. The number of anilines is 2. The number of aromatic nitrogens is 3. The molecule has 2 heterocycles. The average Bonchev–Trinajstić information content (AvgIpc) is 3.20. The Labute approximate surface area is 172 Å². The predicted molar refractivity (Wildman–Crippen MR) is 109 cm³/mol. The number of hydrogen-bond donors (Lipinski definition) is 2. The summed E-state index contributed by atoms with van der Waals surface area (Å²) in [6, 6.07) is 10.5. The van der Waals surface area contributed by atoms with Gasteiger partial charge in [-0.15, -0.1) is 0 Å². The Balaban J connectivity index is 1.75. The number of carbonyl (C=O) groups is 1. The molecule has 0 bridgehead atoms. The summed E-state index contributed by atoms with van der Waals surface area (Å²) in [6.45, 7) is 1.77. The van der Waals surface area contributed by atoms with Crippen molar-refractivity contribution in [3.63, 3.8) is 0 Å². The van der Waals surface area contributed by atoms with E-state index in [0.29, 0.717) is 40.0 Å². The lowest BCUT2D eigenvalue weighted by atomic mass is 9.95. The third kappa shape index (κ3) is 3.45. The minimum absolute atomic E-state index is 0.376. The van der Waals surface area contributed by atoms with Crippen molar-refractivity contribution in [2.45, 2.75) is 13.0 Å².